The molecule has 0 radical (unpaired) electrons. The zero-order chi connectivity index (χ0) is 18.9. The molecule has 2 aliphatic rings. The third kappa shape index (κ3) is 3.12. The molecule has 142 valence electrons. The van der Waals surface area contributed by atoms with Crippen LogP contribution in [0.5, 0.6) is 0 Å². The van der Waals surface area contributed by atoms with E-state index in [4.69, 9.17) is 21.3 Å². The lowest BCUT2D eigenvalue weighted by Crippen LogP contribution is -2.37. The van der Waals surface area contributed by atoms with Crippen LogP contribution < -0.4 is 5.32 Å². The Morgan fingerprint density at radius 3 is 2.68 bits per heavy atom. The molecule has 0 aliphatic carbocycles. The molecule has 0 bridgehead atoms. The van der Waals surface area contributed by atoms with Gasteiger partial charge in [-0.05, 0) is 30.3 Å². The summed E-state index contributed by atoms with van der Waals surface area (Å²) in [7, 11) is 0. The summed E-state index contributed by atoms with van der Waals surface area (Å²) in [5, 5.41) is 4.14. The van der Waals surface area contributed by atoms with Crippen LogP contribution in [-0.2, 0) is 4.74 Å². The Morgan fingerprint density at radius 1 is 1.11 bits per heavy atom. The predicted molar refractivity (Wildman–Crippen MR) is 109 cm³/mol. The van der Waals surface area contributed by atoms with Gasteiger partial charge in [-0.2, -0.15) is 0 Å². The van der Waals surface area contributed by atoms with Gasteiger partial charge in [-0.1, -0.05) is 11.6 Å². The molecule has 1 N–H and O–H groups in total. The highest BCUT2D eigenvalue weighted by Crippen LogP contribution is 2.26. The van der Waals surface area contributed by atoms with Crippen LogP contribution in [0.15, 0.2) is 59.7 Å². The second-order valence-corrected chi connectivity index (χ2v) is 7.11. The zero-order valence-electron chi connectivity index (χ0n) is 15.1. The summed E-state index contributed by atoms with van der Waals surface area (Å²) < 4.78 is 7.51. The van der Waals surface area contributed by atoms with E-state index in [0.29, 0.717) is 5.02 Å². The third-order valence-corrected chi connectivity index (χ3v) is 5.18. The van der Waals surface area contributed by atoms with Gasteiger partial charge in [-0.25, -0.2) is 9.98 Å². The first-order valence-electron chi connectivity index (χ1n) is 9.21. The highest BCUT2D eigenvalue weighted by molar-refractivity contribution is 6.30. The monoisotopic (exact) mass is 394 g/mol. The second-order valence-electron chi connectivity index (χ2n) is 6.67. The van der Waals surface area contributed by atoms with E-state index in [1.165, 1.54) is 0 Å². The van der Waals surface area contributed by atoms with Crippen molar-refractivity contribution in [3.8, 4) is 5.69 Å². The smallest absolute Gasteiger partial charge is 0.144 e. The normalized spacial score (nSPS) is 19.5. The van der Waals surface area contributed by atoms with Crippen LogP contribution in [0.3, 0.4) is 0 Å². The number of aliphatic imine (C=N–C) groups is 1. The van der Waals surface area contributed by atoms with Gasteiger partial charge in [-0.15, -0.1) is 0 Å². The number of pyridine rings is 1. The molecule has 1 fully saturated rings. The number of nitrogens with one attached hydrogen (secondary N) is 1. The molecule has 3 aromatic rings. The maximum Gasteiger partial charge on any atom is 0.144 e. The molecule has 7 nitrogen and oxygen atoms in total. The van der Waals surface area contributed by atoms with E-state index in [2.05, 4.69) is 24.8 Å². The number of hydrogen-bond donors (Lipinski definition) is 1. The Balaban J connectivity index is 1.51. The molecule has 1 saturated heterocycles. The van der Waals surface area contributed by atoms with Gasteiger partial charge in [0.05, 0.1) is 30.4 Å². The molecule has 2 aromatic heterocycles. The first-order valence-corrected chi connectivity index (χ1v) is 9.59. The van der Waals surface area contributed by atoms with E-state index in [0.717, 1.165) is 54.7 Å². The summed E-state index contributed by atoms with van der Waals surface area (Å²) in [5.41, 5.74) is 2.81. The SMILES string of the molecule is Clc1ccc(-n2c(C3C=NC(N4CCOCC4)=CN3)nc3ccncc32)cc1. The van der Waals surface area contributed by atoms with E-state index in [9.17, 15) is 0 Å². The van der Waals surface area contributed by atoms with E-state index in [1.807, 2.05) is 48.9 Å². The van der Waals surface area contributed by atoms with Gasteiger partial charge in [0.2, 0.25) is 0 Å². The number of imidazole rings is 1. The summed E-state index contributed by atoms with van der Waals surface area (Å²) in [6.45, 7) is 3.17. The third-order valence-electron chi connectivity index (χ3n) is 4.93. The van der Waals surface area contributed by atoms with Gasteiger partial charge in [-0.3, -0.25) is 9.55 Å². The summed E-state index contributed by atoms with van der Waals surface area (Å²) in [5.74, 6) is 1.78. The van der Waals surface area contributed by atoms with Gasteiger partial charge in [0.1, 0.15) is 17.7 Å². The van der Waals surface area contributed by atoms with Crippen molar-refractivity contribution in [3.05, 3.63) is 65.6 Å². The van der Waals surface area contributed by atoms with Gasteiger partial charge in [0.25, 0.3) is 0 Å². The minimum atomic E-state index is -0.145. The van der Waals surface area contributed by atoms with Crippen LogP contribution in [0.4, 0.5) is 0 Å². The van der Waals surface area contributed by atoms with Crippen molar-refractivity contribution in [1.82, 2.24) is 24.8 Å². The summed E-state index contributed by atoms with van der Waals surface area (Å²) >= 11 is 6.08. The zero-order valence-corrected chi connectivity index (χ0v) is 15.9. The fourth-order valence-electron chi connectivity index (χ4n) is 3.51. The molecule has 5 rings (SSSR count). The molecule has 1 aromatic carbocycles. The molecule has 0 saturated carbocycles. The van der Waals surface area contributed by atoms with Crippen molar-refractivity contribution >= 4 is 28.8 Å². The lowest BCUT2D eigenvalue weighted by atomic mass is 10.2. The van der Waals surface area contributed by atoms with Crippen molar-refractivity contribution in [2.75, 3.05) is 26.3 Å². The van der Waals surface area contributed by atoms with Gasteiger partial charge < -0.3 is 15.0 Å². The van der Waals surface area contributed by atoms with E-state index in [1.54, 1.807) is 6.20 Å². The van der Waals surface area contributed by atoms with Crippen LogP contribution >= 0.6 is 11.6 Å². The molecule has 28 heavy (non-hydrogen) atoms. The largest absolute Gasteiger partial charge is 0.378 e. The van der Waals surface area contributed by atoms with Gasteiger partial charge in [0.15, 0.2) is 0 Å². The molecular weight excluding hydrogens is 376 g/mol. The van der Waals surface area contributed by atoms with Crippen molar-refractivity contribution in [3.63, 3.8) is 0 Å². The van der Waals surface area contributed by atoms with Crippen LogP contribution in [0.1, 0.15) is 11.9 Å². The van der Waals surface area contributed by atoms with Gasteiger partial charge in [0, 0.05) is 42.4 Å². The van der Waals surface area contributed by atoms with Crippen LogP contribution in [0.2, 0.25) is 5.02 Å². The molecule has 0 spiro atoms. The highest BCUT2D eigenvalue weighted by Gasteiger charge is 2.23. The average Bonchev–Trinajstić information content (AvgIpc) is 3.15. The van der Waals surface area contributed by atoms with E-state index in [-0.39, 0.29) is 6.04 Å². The number of rotatable bonds is 3. The maximum absolute atomic E-state index is 6.08. The molecule has 8 heteroatoms. The van der Waals surface area contributed by atoms with Crippen LogP contribution in [0.25, 0.3) is 16.7 Å². The molecule has 1 atom stereocenters. The molecular formula is C20H19ClN6O. The van der Waals surface area contributed by atoms with E-state index >= 15 is 0 Å². The Labute approximate surface area is 167 Å². The summed E-state index contributed by atoms with van der Waals surface area (Å²) in [6, 6.07) is 9.49. The Bertz CT molecular complexity index is 1050. The number of morpholine rings is 1. The fraction of sp³-hybridized carbons (Fsp3) is 0.250. The quantitative estimate of drug-likeness (QED) is 0.739. The average molecular weight is 395 g/mol. The van der Waals surface area contributed by atoms with Crippen molar-refractivity contribution in [1.29, 1.82) is 0 Å². The minimum absolute atomic E-state index is 0.145. The number of benzene rings is 1. The number of ether oxygens (including phenoxy) is 1. The van der Waals surface area contributed by atoms with Crippen LogP contribution in [0, 0.1) is 0 Å². The van der Waals surface area contributed by atoms with Crippen molar-refractivity contribution in [2.24, 2.45) is 4.99 Å². The lowest BCUT2D eigenvalue weighted by molar-refractivity contribution is 0.0527. The number of halogens is 1. The Kier molecular flexibility index (Phi) is 4.46. The van der Waals surface area contributed by atoms with Crippen molar-refractivity contribution in [2.45, 2.75) is 6.04 Å². The second kappa shape index (κ2) is 7.26. The van der Waals surface area contributed by atoms with Gasteiger partial charge >= 0.3 is 0 Å². The van der Waals surface area contributed by atoms with Crippen molar-refractivity contribution < 1.29 is 4.74 Å². The summed E-state index contributed by atoms with van der Waals surface area (Å²) in [4.78, 5) is 16.0. The Hall–Kier alpha value is -2.90. The molecule has 0 amide bonds. The lowest BCUT2D eigenvalue weighted by Gasteiger charge is -2.30. The number of fused-ring (bicyclic) bond motifs is 1. The maximum atomic E-state index is 6.08. The number of nitrogens with zero attached hydrogens (tertiary/aromatic N) is 5. The highest BCUT2D eigenvalue weighted by atomic mass is 35.5. The molecule has 1 unspecified atom stereocenters. The number of aromatic nitrogens is 3. The first kappa shape index (κ1) is 17.2. The van der Waals surface area contributed by atoms with Crippen LogP contribution in [-0.4, -0.2) is 52.0 Å². The minimum Gasteiger partial charge on any atom is -0.378 e. The standard InChI is InChI=1S/C20H19ClN6O/c21-14-1-3-15(4-2-14)27-18-12-22-6-5-16(18)25-20(27)17-11-24-19(13-23-17)26-7-9-28-10-8-26/h1-6,11-13,17,23H,7-10H2. The van der Waals surface area contributed by atoms with E-state index < -0.39 is 0 Å². The number of hydrogen-bond acceptors (Lipinski definition) is 6. The molecule has 2 aliphatic heterocycles. The Morgan fingerprint density at radius 2 is 1.93 bits per heavy atom. The first-order chi connectivity index (χ1) is 13.8. The fourth-order valence-corrected chi connectivity index (χ4v) is 3.64. The predicted octanol–water partition coefficient (Wildman–Crippen LogP) is 2.92. The molecule has 4 heterocycles. The summed E-state index contributed by atoms with van der Waals surface area (Å²) in [6.07, 6.45) is 7.45. The topological polar surface area (TPSA) is 67.6 Å².